The van der Waals surface area contributed by atoms with E-state index in [4.69, 9.17) is 4.74 Å². The molecule has 8 nitrogen and oxygen atoms in total. The lowest BCUT2D eigenvalue weighted by atomic mass is 9.87. The highest BCUT2D eigenvalue weighted by Crippen LogP contribution is 2.28. The second-order valence-corrected chi connectivity index (χ2v) is 5.99. The average Bonchev–Trinajstić information content (AvgIpc) is 3.16. The molecular weight excluding hydrogens is 290 g/mol. The van der Waals surface area contributed by atoms with E-state index in [9.17, 15) is 19.5 Å². The number of hydrogen-bond acceptors (Lipinski definition) is 4. The van der Waals surface area contributed by atoms with Gasteiger partial charge in [-0.2, -0.15) is 0 Å². The number of rotatable bonds is 5. The zero-order chi connectivity index (χ0) is 16.2. The quantitative estimate of drug-likeness (QED) is 0.728. The molecule has 2 rings (SSSR count). The van der Waals surface area contributed by atoms with Crippen LogP contribution in [0.5, 0.6) is 0 Å². The molecule has 0 radical (unpaired) electrons. The minimum Gasteiger partial charge on any atom is -0.481 e. The normalized spacial score (nSPS) is 24.3. The molecule has 1 unspecified atom stereocenters. The summed E-state index contributed by atoms with van der Waals surface area (Å²) in [7, 11) is 1.53. The highest BCUT2D eigenvalue weighted by Gasteiger charge is 2.43. The topological polar surface area (TPSA) is 99.2 Å². The maximum Gasteiger partial charge on any atom is 0.317 e. The highest BCUT2D eigenvalue weighted by atomic mass is 16.5. The van der Waals surface area contributed by atoms with Crippen molar-refractivity contribution in [3.8, 4) is 0 Å². The summed E-state index contributed by atoms with van der Waals surface area (Å²) < 4.78 is 5.14. The lowest BCUT2D eigenvalue weighted by Crippen LogP contribution is -2.49. The lowest BCUT2D eigenvalue weighted by Gasteiger charge is -2.25. The highest BCUT2D eigenvalue weighted by molar-refractivity contribution is 5.84. The molecule has 1 atom stereocenters. The molecule has 2 aliphatic heterocycles. The fourth-order valence-corrected chi connectivity index (χ4v) is 2.71. The predicted octanol–water partition coefficient (Wildman–Crippen LogP) is -0.258. The largest absolute Gasteiger partial charge is 0.481 e. The summed E-state index contributed by atoms with van der Waals surface area (Å²) in [6.45, 7) is 1.97. The summed E-state index contributed by atoms with van der Waals surface area (Å²) >= 11 is 0. The molecule has 0 saturated carbocycles. The number of nitrogens with zero attached hydrogens (tertiary/aromatic N) is 2. The van der Waals surface area contributed by atoms with Crippen molar-refractivity contribution in [1.82, 2.24) is 15.1 Å². The molecular formula is C14H23N3O5. The third-order valence-corrected chi connectivity index (χ3v) is 4.31. The molecule has 0 aromatic heterocycles. The van der Waals surface area contributed by atoms with Crippen LogP contribution in [-0.2, 0) is 14.3 Å². The Labute approximate surface area is 129 Å². The molecule has 2 heterocycles. The maximum atomic E-state index is 12.0. The molecule has 0 aromatic rings. The van der Waals surface area contributed by atoms with E-state index in [1.54, 1.807) is 4.90 Å². The Balaban J connectivity index is 1.80. The zero-order valence-electron chi connectivity index (χ0n) is 12.8. The number of hydrogen-bond donors (Lipinski definition) is 2. The minimum absolute atomic E-state index is 0.00239. The van der Waals surface area contributed by atoms with Gasteiger partial charge in [-0.15, -0.1) is 0 Å². The van der Waals surface area contributed by atoms with Crippen LogP contribution in [-0.4, -0.2) is 79.3 Å². The fourth-order valence-electron chi connectivity index (χ4n) is 2.71. The van der Waals surface area contributed by atoms with Gasteiger partial charge in [-0.25, -0.2) is 4.79 Å². The molecule has 124 valence electrons. The van der Waals surface area contributed by atoms with E-state index in [1.165, 1.54) is 11.9 Å². The summed E-state index contributed by atoms with van der Waals surface area (Å²) in [5, 5.41) is 11.9. The van der Waals surface area contributed by atoms with Crippen molar-refractivity contribution < 1.29 is 24.2 Å². The van der Waals surface area contributed by atoms with Gasteiger partial charge in [-0.05, 0) is 19.3 Å². The number of urea groups is 1. The average molecular weight is 313 g/mol. The number of carboxylic acids is 1. The first kappa shape index (κ1) is 16.5. The van der Waals surface area contributed by atoms with E-state index < -0.39 is 17.4 Å². The van der Waals surface area contributed by atoms with Crippen LogP contribution in [0.4, 0.5) is 4.79 Å². The van der Waals surface area contributed by atoms with Gasteiger partial charge in [0.05, 0.1) is 6.61 Å². The second kappa shape index (κ2) is 6.95. The van der Waals surface area contributed by atoms with E-state index in [-0.39, 0.29) is 25.6 Å². The van der Waals surface area contributed by atoms with Crippen molar-refractivity contribution in [2.24, 2.45) is 5.41 Å². The molecule has 3 amide bonds. The van der Waals surface area contributed by atoms with Gasteiger partial charge in [0.15, 0.2) is 0 Å². The van der Waals surface area contributed by atoms with Gasteiger partial charge in [-0.1, -0.05) is 0 Å². The Kier molecular flexibility index (Phi) is 5.23. The van der Waals surface area contributed by atoms with E-state index in [0.717, 1.165) is 25.9 Å². The summed E-state index contributed by atoms with van der Waals surface area (Å²) in [6, 6.07) is -0.444. The molecule has 0 bridgehead atoms. The smallest absolute Gasteiger partial charge is 0.317 e. The van der Waals surface area contributed by atoms with Crippen LogP contribution in [0.3, 0.4) is 0 Å². The molecule has 2 aliphatic rings. The first-order valence-corrected chi connectivity index (χ1v) is 7.52. The van der Waals surface area contributed by atoms with Crippen LogP contribution < -0.4 is 5.32 Å². The first-order chi connectivity index (χ1) is 10.4. The number of ether oxygens (including phenoxy) is 1. The first-order valence-electron chi connectivity index (χ1n) is 7.52. The Morgan fingerprint density at radius 1 is 1.32 bits per heavy atom. The molecule has 2 fully saturated rings. The minimum atomic E-state index is -1.06. The SMILES string of the molecule is CN(CC(=O)N1CCCC1)C(=O)NCC1(C(=O)O)CCOC1. The third kappa shape index (κ3) is 3.68. The van der Waals surface area contributed by atoms with Crippen molar-refractivity contribution in [3.63, 3.8) is 0 Å². The molecule has 0 aromatic carbocycles. The molecule has 2 saturated heterocycles. The van der Waals surface area contributed by atoms with E-state index in [0.29, 0.717) is 13.0 Å². The van der Waals surface area contributed by atoms with Crippen LogP contribution in [0.2, 0.25) is 0 Å². The maximum absolute atomic E-state index is 12.0. The van der Waals surface area contributed by atoms with Gasteiger partial charge < -0.3 is 25.0 Å². The van der Waals surface area contributed by atoms with E-state index >= 15 is 0 Å². The number of likely N-dealkylation sites (N-methyl/N-ethyl adjacent to an activating group) is 1. The Morgan fingerprint density at radius 3 is 2.55 bits per heavy atom. The number of amides is 3. The second-order valence-electron chi connectivity index (χ2n) is 5.99. The van der Waals surface area contributed by atoms with Crippen LogP contribution in [0, 0.1) is 5.41 Å². The number of carbonyl (C=O) groups is 3. The van der Waals surface area contributed by atoms with Crippen molar-refractivity contribution in [1.29, 1.82) is 0 Å². The molecule has 0 spiro atoms. The van der Waals surface area contributed by atoms with E-state index in [2.05, 4.69) is 5.32 Å². The Hall–Kier alpha value is -1.83. The van der Waals surface area contributed by atoms with Crippen molar-refractivity contribution in [2.45, 2.75) is 19.3 Å². The Morgan fingerprint density at radius 2 is 2.00 bits per heavy atom. The van der Waals surface area contributed by atoms with Crippen molar-refractivity contribution in [2.75, 3.05) is 46.4 Å². The van der Waals surface area contributed by atoms with Gasteiger partial charge in [0, 0.05) is 33.3 Å². The number of aliphatic carboxylic acids is 1. The van der Waals surface area contributed by atoms with Crippen LogP contribution in [0.1, 0.15) is 19.3 Å². The molecule has 8 heteroatoms. The van der Waals surface area contributed by atoms with Crippen LogP contribution >= 0.6 is 0 Å². The number of likely N-dealkylation sites (tertiary alicyclic amines) is 1. The summed E-state index contributed by atoms with van der Waals surface area (Å²) in [5.74, 6) is -1.05. The van der Waals surface area contributed by atoms with Gasteiger partial charge >= 0.3 is 12.0 Å². The van der Waals surface area contributed by atoms with Crippen LogP contribution in [0.25, 0.3) is 0 Å². The van der Waals surface area contributed by atoms with Gasteiger partial charge in [0.25, 0.3) is 0 Å². The fraction of sp³-hybridized carbons (Fsp3) is 0.786. The monoisotopic (exact) mass is 313 g/mol. The molecule has 0 aliphatic carbocycles. The summed E-state index contributed by atoms with van der Waals surface area (Å²) in [4.78, 5) is 38.4. The van der Waals surface area contributed by atoms with Crippen molar-refractivity contribution >= 4 is 17.9 Å². The number of carboxylic acid groups (broad SMARTS) is 1. The Bertz CT molecular complexity index is 442. The molecule has 2 N–H and O–H groups in total. The molecule has 22 heavy (non-hydrogen) atoms. The van der Waals surface area contributed by atoms with Crippen molar-refractivity contribution in [3.05, 3.63) is 0 Å². The standard InChI is InChI=1S/C14H23N3O5/c1-16(8-11(18)17-5-2-3-6-17)13(21)15-9-14(12(19)20)4-7-22-10-14/h2-10H2,1H3,(H,15,21)(H,19,20). The van der Waals surface area contributed by atoms with Gasteiger partial charge in [0.1, 0.15) is 12.0 Å². The van der Waals surface area contributed by atoms with Gasteiger partial charge in [0.2, 0.25) is 5.91 Å². The van der Waals surface area contributed by atoms with Crippen LogP contribution in [0.15, 0.2) is 0 Å². The summed E-state index contributed by atoms with van der Waals surface area (Å²) in [5.41, 5.74) is -1.06. The van der Waals surface area contributed by atoms with Gasteiger partial charge in [-0.3, -0.25) is 9.59 Å². The number of nitrogens with one attached hydrogen (secondary N) is 1. The third-order valence-electron chi connectivity index (χ3n) is 4.31. The zero-order valence-corrected chi connectivity index (χ0v) is 12.8. The van der Waals surface area contributed by atoms with E-state index in [1.807, 2.05) is 0 Å². The lowest BCUT2D eigenvalue weighted by molar-refractivity contribution is -0.148. The summed E-state index contributed by atoms with van der Waals surface area (Å²) in [6.07, 6.45) is 2.38. The number of carbonyl (C=O) groups excluding carboxylic acids is 2. The predicted molar refractivity (Wildman–Crippen MR) is 77.3 cm³/mol.